The number of nitrogens with zero attached hydrogens (tertiary/aromatic N) is 3. The molecule has 0 spiro atoms. The fourth-order valence-corrected chi connectivity index (χ4v) is 3.13. The lowest BCUT2D eigenvalue weighted by Crippen LogP contribution is -2.24. The van der Waals surface area contributed by atoms with E-state index in [-0.39, 0.29) is 36.0 Å². The number of rotatable bonds is 5. The van der Waals surface area contributed by atoms with Crippen molar-refractivity contribution < 1.29 is 23.1 Å². The van der Waals surface area contributed by atoms with Gasteiger partial charge in [-0.3, -0.25) is 14.9 Å². The molecule has 2 aromatic carbocycles. The number of hydrogen-bond donors (Lipinski definition) is 1. The second-order valence-corrected chi connectivity index (χ2v) is 6.51. The summed E-state index contributed by atoms with van der Waals surface area (Å²) >= 11 is 0. The molecule has 1 fully saturated rings. The van der Waals surface area contributed by atoms with Crippen LogP contribution in [0.1, 0.15) is 28.6 Å². The van der Waals surface area contributed by atoms with Gasteiger partial charge in [0.05, 0.1) is 13.0 Å². The van der Waals surface area contributed by atoms with Crippen LogP contribution in [-0.4, -0.2) is 35.7 Å². The molecule has 1 saturated heterocycles. The first-order valence-electron chi connectivity index (χ1n) is 8.88. The zero-order valence-corrected chi connectivity index (χ0v) is 15.5. The molecule has 1 N–H and O–H groups in total. The number of benzene rings is 2. The summed E-state index contributed by atoms with van der Waals surface area (Å²) in [6, 6.07) is 12.3. The Morgan fingerprint density at radius 1 is 1.24 bits per heavy atom. The molecule has 0 saturated carbocycles. The Bertz CT molecular complexity index is 1050. The van der Waals surface area contributed by atoms with Gasteiger partial charge in [0.2, 0.25) is 11.8 Å². The third-order valence-electron chi connectivity index (χ3n) is 4.61. The Labute approximate surface area is 165 Å². The lowest BCUT2D eigenvalue weighted by Gasteiger charge is -2.15. The molecule has 1 aliphatic heterocycles. The SMILES string of the molecule is COc1cccc(C(=O)Nc2nnc([C@@H]3CC(=O)N(c4ccc(F)cc4)C3)o2)c1. The Morgan fingerprint density at radius 3 is 2.79 bits per heavy atom. The van der Waals surface area contributed by atoms with Crippen molar-refractivity contribution in [2.75, 3.05) is 23.9 Å². The van der Waals surface area contributed by atoms with E-state index in [9.17, 15) is 14.0 Å². The normalized spacial score (nSPS) is 16.1. The maximum absolute atomic E-state index is 13.1. The van der Waals surface area contributed by atoms with Crippen molar-refractivity contribution in [2.24, 2.45) is 0 Å². The third-order valence-corrected chi connectivity index (χ3v) is 4.61. The molecule has 8 nitrogen and oxygen atoms in total. The van der Waals surface area contributed by atoms with Crippen molar-refractivity contribution in [3.05, 3.63) is 65.8 Å². The van der Waals surface area contributed by atoms with Crippen LogP contribution in [0.3, 0.4) is 0 Å². The average molecular weight is 396 g/mol. The van der Waals surface area contributed by atoms with Crippen molar-refractivity contribution in [3.8, 4) is 5.75 Å². The predicted molar refractivity (Wildman–Crippen MR) is 101 cm³/mol. The molecule has 3 aromatic rings. The van der Waals surface area contributed by atoms with Crippen molar-refractivity contribution >= 4 is 23.5 Å². The molecule has 0 radical (unpaired) electrons. The number of amides is 2. The van der Waals surface area contributed by atoms with Crippen LogP contribution in [0.2, 0.25) is 0 Å². The van der Waals surface area contributed by atoms with Gasteiger partial charge < -0.3 is 14.1 Å². The summed E-state index contributed by atoms with van der Waals surface area (Å²) < 4.78 is 23.8. The van der Waals surface area contributed by atoms with Gasteiger partial charge in [-0.05, 0) is 42.5 Å². The molecule has 29 heavy (non-hydrogen) atoms. The zero-order valence-electron chi connectivity index (χ0n) is 15.5. The molecule has 0 unspecified atom stereocenters. The number of halogens is 1. The monoisotopic (exact) mass is 396 g/mol. The smallest absolute Gasteiger partial charge is 0.322 e. The third kappa shape index (κ3) is 3.93. The first kappa shape index (κ1) is 18.6. The molecule has 148 valence electrons. The summed E-state index contributed by atoms with van der Waals surface area (Å²) in [5, 5.41) is 10.3. The summed E-state index contributed by atoms with van der Waals surface area (Å²) in [5.74, 6) is -0.428. The van der Waals surface area contributed by atoms with Gasteiger partial charge >= 0.3 is 6.01 Å². The molecule has 2 heterocycles. The van der Waals surface area contributed by atoms with Gasteiger partial charge in [0.15, 0.2) is 0 Å². The Kier molecular flexibility index (Phi) is 4.94. The predicted octanol–water partition coefficient (Wildman–Crippen LogP) is 2.99. The van der Waals surface area contributed by atoms with Gasteiger partial charge in [0, 0.05) is 24.2 Å². The topological polar surface area (TPSA) is 97.6 Å². The van der Waals surface area contributed by atoms with E-state index in [1.165, 1.54) is 19.2 Å². The lowest BCUT2D eigenvalue weighted by atomic mass is 10.1. The number of aromatic nitrogens is 2. The summed E-state index contributed by atoms with van der Waals surface area (Å²) in [4.78, 5) is 26.2. The summed E-state index contributed by atoms with van der Waals surface area (Å²) in [7, 11) is 1.51. The minimum atomic E-state index is -0.422. The van der Waals surface area contributed by atoms with E-state index >= 15 is 0 Å². The number of anilines is 2. The van der Waals surface area contributed by atoms with Crippen LogP contribution in [0.25, 0.3) is 0 Å². The Hall–Kier alpha value is -3.75. The van der Waals surface area contributed by atoms with Gasteiger partial charge in [-0.2, -0.15) is 0 Å². The number of ether oxygens (including phenoxy) is 1. The quantitative estimate of drug-likeness (QED) is 0.712. The zero-order chi connectivity index (χ0) is 20.4. The number of carbonyl (C=O) groups is 2. The van der Waals surface area contributed by atoms with E-state index in [0.717, 1.165) is 0 Å². The van der Waals surface area contributed by atoms with Crippen LogP contribution < -0.4 is 15.0 Å². The number of carbonyl (C=O) groups excluding carboxylic acids is 2. The largest absolute Gasteiger partial charge is 0.497 e. The second kappa shape index (κ2) is 7.70. The highest BCUT2D eigenvalue weighted by Gasteiger charge is 2.35. The summed E-state index contributed by atoms with van der Waals surface area (Å²) in [6.07, 6.45) is 0.183. The number of methoxy groups -OCH3 is 1. The first-order valence-corrected chi connectivity index (χ1v) is 8.88. The maximum Gasteiger partial charge on any atom is 0.322 e. The molecule has 0 bridgehead atoms. The molecule has 1 atom stereocenters. The van der Waals surface area contributed by atoms with E-state index in [2.05, 4.69) is 15.5 Å². The molecule has 0 aliphatic carbocycles. The average Bonchev–Trinajstić information content (AvgIpc) is 3.35. The molecule has 9 heteroatoms. The molecule has 2 amide bonds. The highest BCUT2D eigenvalue weighted by atomic mass is 19.1. The van der Waals surface area contributed by atoms with E-state index in [1.54, 1.807) is 41.3 Å². The fourth-order valence-electron chi connectivity index (χ4n) is 3.13. The van der Waals surface area contributed by atoms with Crippen molar-refractivity contribution in [3.63, 3.8) is 0 Å². The Morgan fingerprint density at radius 2 is 2.03 bits per heavy atom. The Balaban J connectivity index is 1.44. The van der Waals surface area contributed by atoms with Gasteiger partial charge in [-0.15, -0.1) is 5.10 Å². The summed E-state index contributed by atoms with van der Waals surface area (Å²) in [6.45, 7) is 0.329. The molecular weight excluding hydrogens is 379 g/mol. The van der Waals surface area contributed by atoms with Gasteiger partial charge in [-0.25, -0.2) is 4.39 Å². The van der Waals surface area contributed by atoms with E-state index < -0.39 is 5.91 Å². The minimum Gasteiger partial charge on any atom is -0.497 e. The number of nitrogens with one attached hydrogen (secondary N) is 1. The molecule has 4 rings (SSSR count). The molecular formula is C20H17FN4O4. The lowest BCUT2D eigenvalue weighted by molar-refractivity contribution is -0.117. The van der Waals surface area contributed by atoms with Crippen LogP contribution in [0.15, 0.2) is 52.9 Å². The standard InChI is InChI=1S/C20H17FN4O4/c1-28-16-4-2-3-12(9-16)18(27)22-20-24-23-19(29-20)13-10-17(26)25(11-13)15-7-5-14(21)6-8-15/h2-9,13H,10-11H2,1H3,(H,22,24,27)/t13-/m1/s1. The van der Waals surface area contributed by atoms with Crippen LogP contribution in [0.5, 0.6) is 5.75 Å². The van der Waals surface area contributed by atoms with Crippen LogP contribution in [-0.2, 0) is 4.79 Å². The van der Waals surface area contributed by atoms with Gasteiger partial charge in [0.1, 0.15) is 11.6 Å². The van der Waals surface area contributed by atoms with E-state index in [4.69, 9.17) is 9.15 Å². The first-order chi connectivity index (χ1) is 14.0. The number of hydrogen-bond acceptors (Lipinski definition) is 6. The highest BCUT2D eigenvalue weighted by molar-refractivity contribution is 6.03. The van der Waals surface area contributed by atoms with Crippen molar-refractivity contribution in [1.82, 2.24) is 10.2 Å². The minimum absolute atomic E-state index is 0.0551. The van der Waals surface area contributed by atoms with Gasteiger partial charge in [0.25, 0.3) is 5.91 Å². The molecule has 1 aromatic heterocycles. The fraction of sp³-hybridized carbons (Fsp3) is 0.200. The maximum atomic E-state index is 13.1. The molecule has 1 aliphatic rings. The van der Waals surface area contributed by atoms with Crippen molar-refractivity contribution in [2.45, 2.75) is 12.3 Å². The van der Waals surface area contributed by atoms with Crippen LogP contribution in [0.4, 0.5) is 16.1 Å². The van der Waals surface area contributed by atoms with Crippen LogP contribution >= 0.6 is 0 Å². The van der Waals surface area contributed by atoms with E-state index in [0.29, 0.717) is 23.5 Å². The van der Waals surface area contributed by atoms with Gasteiger partial charge in [-0.1, -0.05) is 11.2 Å². The van der Waals surface area contributed by atoms with Crippen molar-refractivity contribution in [1.29, 1.82) is 0 Å². The second-order valence-electron chi connectivity index (χ2n) is 6.51. The van der Waals surface area contributed by atoms with E-state index in [1.807, 2.05) is 0 Å². The highest BCUT2D eigenvalue weighted by Crippen LogP contribution is 2.31. The van der Waals surface area contributed by atoms with Crippen LogP contribution in [0, 0.1) is 5.82 Å². The summed E-state index contributed by atoms with van der Waals surface area (Å²) in [5.41, 5.74) is 0.979.